The van der Waals surface area contributed by atoms with E-state index in [4.69, 9.17) is 4.74 Å². The molecule has 0 aromatic heterocycles. The SMILES string of the molecule is CCCCCC[C@H]1CC[C@H]([C@H]2CC[C@H](c3ccc(OCC)cc3)CC2)CC1. The molecule has 0 bridgehead atoms. The van der Waals surface area contributed by atoms with E-state index in [0.717, 1.165) is 36.0 Å². The summed E-state index contributed by atoms with van der Waals surface area (Å²) in [6, 6.07) is 8.93. The van der Waals surface area contributed by atoms with Crippen LogP contribution in [0.25, 0.3) is 0 Å². The maximum Gasteiger partial charge on any atom is 0.119 e. The second kappa shape index (κ2) is 11.1. The van der Waals surface area contributed by atoms with E-state index in [0.29, 0.717) is 0 Å². The van der Waals surface area contributed by atoms with Gasteiger partial charge in [-0.3, -0.25) is 0 Å². The second-order valence-electron chi connectivity index (χ2n) is 9.24. The van der Waals surface area contributed by atoms with Crippen LogP contribution in [-0.2, 0) is 0 Å². The van der Waals surface area contributed by atoms with Crippen LogP contribution in [0.4, 0.5) is 0 Å². The van der Waals surface area contributed by atoms with Gasteiger partial charge in [-0.05, 0) is 86.8 Å². The van der Waals surface area contributed by atoms with Crippen LogP contribution < -0.4 is 4.74 Å². The van der Waals surface area contributed by atoms with Crippen molar-refractivity contribution in [3.63, 3.8) is 0 Å². The first-order chi connectivity index (χ1) is 13.3. The summed E-state index contributed by atoms with van der Waals surface area (Å²) >= 11 is 0. The van der Waals surface area contributed by atoms with Gasteiger partial charge in [-0.2, -0.15) is 0 Å². The van der Waals surface area contributed by atoms with Gasteiger partial charge in [0.25, 0.3) is 0 Å². The molecule has 0 spiro atoms. The van der Waals surface area contributed by atoms with E-state index >= 15 is 0 Å². The lowest BCUT2D eigenvalue weighted by Crippen LogP contribution is -2.25. The predicted molar refractivity (Wildman–Crippen MR) is 117 cm³/mol. The van der Waals surface area contributed by atoms with Gasteiger partial charge in [-0.1, -0.05) is 64.0 Å². The van der Waals surface area contributed by atoms with Crippen LogP contribution in [0.5, 0.6) is 5.75 Å². The lowest BCUT2D eigenvalue weighted by Gasteiger charge is -2.38. The third kappa shape index (κ3) is 6.26. The van der Waals surface area contributed by atoms with Crippen LogP contribution in [0.2, 0.25) is 0 Å². The zero-order valence-corrected chi connectivity index (χ0v) is 17.9. The minimum atomic E-state index is 0.755. The summed E-state index contributed by atoms with van der Waals surface area (Å²) < 4.78 is 5.59. The van der Waals surface area contributed by atoms with E-state index in [2.05, 4.69) is 38.1 Å². The lowest BCUT2D eigenvalue weighted by molar-refractivity contribution is 0.155. The predicted octanol–water partition coefficient (Wildman–Crippen LogP) is 8.14. The van der Waals surface area contributed by atoms with E-state index in [1.54, 1.807) is 0 Å². The molecule has 0 amide bonds. The maximum atomic E-state index is 5.59. The van der Waals surface area contributed by atoms with Gasteiger partial charge in [-0.25, -0.2) is 0 Å². The average molecular weight is 371 g/mol. The molecule has 1 aromatic rings. The molecule has 27 heavy (non-hydrogen) atoms. The fraction of sp³-hybridized carbons (Fsp3) is 0.769. The summed E-state index contributed by atoms with van der Waals surface area (Å²) in [5, 5.41) is 0. The molecule has 2 aliphatic rings. The van der Waals surface area contributed by atoms with Crippen LogP contribution >= 0.6 is 0 Å². The standard InChI is InChI=1S/C26H42O/c1-3-5-6-7-8-21-9-11-22(12-10-21)23-13-15-24(16-14-23)25-17-19-26(20-18-25)27-4-2/h17-24H,3-16H2,1-2H3/t21-,22-,23-,24-. The molecule has 2 saturated carbocycles. The normalized spacial score (nSPS) is 28.8. The molecule has 0 saturated heterocycles. The van der Waals surface area contributed by atoms with E-state index in [1.165, 1.54) is 89.0 Å². The van der Waals surface area contributed by atoms with Gasteiger partial charge in [0.2, 0.25) is 0 Å². The molecule has 0 radical (unpaired) electrons. The molecule has 0 unspecified atom stereocenters. The highest BCUT2D eigenvalue weighted by atomic mass is 16.5. The van der Waals surface area contributed by atoms with Gasteiger partial charge in [0.15, 0.2) is 0 Å². The fourth-order valence-electron chi connectivity index (χ4n) is 5.73. The molecule has 0 heterocycles. The van der Waals surface area contributed by atoms with Crippen molar-refractivity contribution >= 4 is 0 Å². The monoisotopic (exact) mass is 370 g/mol. The third-order valence-electron chi connectivity index (χ3n) is 7.46. The first kappa shape index (κ1) is 20.7. The van der Waals surface area contributed by atoms with Crippen LogP contribution in [0.1, 0.15) is 109 Å². The minimum Gasteiger partial charge on any atom is -0.494 e. The molecule has 1 heteroatoms. The molecule has 2 fully saturated rings. The topological polar surface area (TPSA) is 9.23 Å². The molecular weight excluding hydrogens is 328 g/mol. The molecule has 0 atom stereocenters. The molecule has 0 aliphatic heterocycles. The zero-order chi connectivity index (χ0) is 18.9. The highest BCUT2D eigenvalue weighted by Gasteiger charge is 2.31. The van der Waals surface area contributed by atoms with Crippen molar-refractivity contribution in [2.75, 3.05) is 6.61 Å². The number of rotatable bonds is 9. The number of unbranched alkanes of at least 4 members (excludes halogenated alkanes) is 3. The number of hydrogen-bond acceptors (Lipinski definition) is 1. The first-order valence-electron chi connectivity index (χ1n) is 12.0. The van der Waals surface area contributed by atoms with Gasteiger partial charge >= 0.3 is 0 Å². The Morgan fingerprint density at radius 3 is 1.96 bits per heavy atom. The summed E-state index contributed by atoms with van der Waals surface area (Å²) in [6.45, 7) is 5.12. The third-order valence-corrected chi connectivity index (χ3v) is 7.46. The van der Waals surface area contributed by atoms with Crippen LogP contribution in [0.15, 0.2) is 24.3 Å². The van der Waals surface area contributed by atoms with Crippen LogP contribution in [-0.4, -0.2) is 6.61 Å². The van der Waals surface area contributed by atoms with E-state index < -0.39 is 0 Å². The Morgan fingerprint density at radius 2 is 1.37 bits per heavy atom. The Kier molecular flexibility index (Phi) is 8.55. The summed E-state index contributed by atoms with van der Waals surface area (Å²) in [5.74, 6) is 4.91. The average Bonchev–Trinajstić information content (AvgIpc) is 2.73. The zero-order valence-electron chi connectivity index (χ0n) is 17.9. The molecule has 0 N–H and O–H groups in total. The fourth-order valence-corrected chi connectivity index (χ4v) is 5.73. The van der Waals surface area contributed by atoms with Gasteiger partial charge in [0, 0.05) is 0 Å². The van der Waals surface area contributed by atoms with Crippen molar-refractivity contribution in [1.82, 2.24) is 0 Å². The molecule has 1 nitrogen and oxygen atoms in total. The van der Waals surface area contributed by atoms with Gasteiger partial charge in [0.05, 0.1) is 6.61 Å². The molecule has 152 valence electrons. The highest BCUT2D eigenvalue weighted by molar-refractivity contribution is 5.29. The summed E-state index contributed by atoms with van der Waals surface area (Å²) in [5.41, 5.74) is 1.53. The number of benzene rings is 1. The van der Waals surface area contributed by atoms with Crippen molar-refractivity contribution < 1.29 is 4.74 Å². The van der Waals surface area contributed by atoms with Crippen molar-refractivity contribution in [2.45, 2.75) is 103 Å². The molecule has 3 rings (SSSR count). The van der Waals surface area contributed by atoms with Crippen LogP contribution in [0.3, 0.4) is 0 Å². The van der Waals surface area contributed by atoms with Crippen molar-refractivity contribution in [2.24, 2.45) is 17.8 Å². The second-order valence-corrected chi connectivity index (χ2v) is 9.24. The van der Waals surface area contributed by atoms with Gasteiger partial charge in [-0.15, -0.1) is 0 Å². The van der Waals surface area contributed by atoms with Gasteiger partial charge in [0.1, 0.15) is 5.75 Å². The Morgan fingerprint density at radius 1 is 0.741 bits per heavy atom. The molecule has 1 aromatic carbocycles. The van der Waals surface area contributed by atoms with E-state index in [-0.39, 0.29) is 0 Å². The Bertz CT molecular complexity index is 504. The molecular formula is C26H42O. The van der Waals surface area contributed by atoms with Crippen molar-refractivity contribution in [3.8, 4) is 5.75 Å². The Labute approximate surface area is 168 Å². The summed E-state index contributed by atoms with van der Waals surface area (Å²) in [7, 11) is 0. The van der Waals surface area contributed by atoms with E-state index in [9.17, 15) is 0 Å². The maximum absolute atomic E-state index is 5.59. The molecule has 2 aliphatic carbocycles. The Balaban J connectivity index is 1.37. The van der Waals surface area contributed by atoms with Crippen LogP contribution in [0, 0.1) is 17.8 Å². The van der Waals surface area contributed by atoms with Gasteiger partial charge < -0.3 is 4.74 Å². The van der Waals surface area contributed by atoms with E-state index in [1.807, 2.05) is 0 Å². The Hall–Kier alpha value is -0.980. The summed E-state index contributed by atoms with van der Waals surface area (Å²) in [4.78, 5) is 0. The number of hydrogen-bond donors (Lipinski definition) is 0. The number of ether oxygens (including phenoxy) is 1. The summed E-state index contributed by atoms with van der Waals surface area (Å²) in [6.07, 6.45) is 19.1. The largest absolute Gasteiger partial charge is 0.494 e. The highest BCUT2D eigenvalue weighted by Crippen LogP contribution is 2.44. The first-order valence-corrected chi connectivity index (χ1v) is 12.0. The van der Waals surface area contributed by atoms with Crippen molar-refractivity contribution in [3.05, 3.63) is 29.8 Å². The lowest BCUT2D eigenvalue weighted by atomic mass is 9.68. The smallest absolute Gasteiger partial charge is 0.119 e. The van der Waals surface area contributed by atoms with Crippen molar-refractivity contribution in [1.29, 1.82) is 0 Å². The quantitative estimate of drug-likeness (QED) is 0.399. The minimum absolute atomic E-state index is 0.755.